The topological polar surface area (TPSA) is 39.7 Å². The summed E-state index contributed by atoms with van der Waals surface area (Å²) in [5.41, 5.74) is 1.34. The number of guanidine groups is 1. The highest BCUT2D eigenvalue weighted by Crippen LogP contribution is 2.05. The molecule has 0 bridgehead atoms. The monoisotopic (exact) mass is 290 g/mol. The van der Waals surface area contributed by atoms with Crippen molar-refractivity contribution in [2.45, 2.75) is 45.8 Å². The maximum absolute atomic E-state index is 4.27. The zero-order valence-electron chi connectivity index (χ0n) is 14.1. The third-order valence-electron chi connectivity index (χ3n) is 3.81. The first-order valence-corrected chi connectivity index (χ1v) is 7.78. The summed E-state index contributed by atoms with van der Waals surface area (Å²) >= 11 is 0. The van der Waals surface area contributed by atoms with Gasteiger partial charge in [0.2, 0.25) is 0 Å². The van der Waals surface area contributed by atoms with Gasteiger partial charge in [0.05, 0.1) is 0 Å². The maximum atomic E-state index is 4.27. The van der Waals surface area contributed by atoms with Gasteiger partial charge in [-0.1, -0.05) is 37.3 Å². The van der Waals surface area contributed by atoms with Crippen LogP contribution in [0.3, 0.4) is 0 Å². The molecule has 0 spiro atoms. The molecule has 0 aliphatic heterocycles. The van der Waals surface area contributed by atoms with Crippen LogP contribution in [0.2, 0.25) is 0 Å². The van der Waals surface area contributed by atoms with Crippen LogP contribution in [-0.4, -0.2) is 43.6 Å². The molecule has 4 heteroatoms. The Morgan fingerprint density at radius 3 is 2.48 bits per heavy atom. The minimum absolute atomic E-state index is 0.431. The molecule has 0 aromatic heterocycles. The summed E-state index contributed by atoms with van der Waals surface area (Å²) in [6.07, 6.45) is 1.09. The fourth-order valence-corrected chi connectivity index (χ4v) is 1.96. The number of aliphatic imine (C=N–C) groups is 1. The Balaban J connectivity index is 2.39. The summed E-state index contributed by atoms with van der Waals surface area (Å²) in [6, 6.07) is 11.4. The zero-order chi connectivity index (χ0) is 15.7. The molecule has 0 aliphatic carbocycles. The number of benzene rings is 1. The molecule has 0 amide bonds. The van der Waals surface area contributed by atoms with Gasteiger partial charge >= 0.3 is 0 Å². The van der Waals surface area contributed by atoms with E-state index in [-0.39, 0.29) is 0 Å². The van der Waals surface area contributed by atoms with E-state index in [4.69, 9.17) is 0 Å². The summed E-state index contributed by atoms with van der Waals surface area (Å²) in [5.74, 6) is 0.879. The zero-order valence-corrected chi connectivity index (χ0v) is 14.1. The van der Waals surface area contributed by atoms with Crippen molar-refractivity contribution in [2.75, 3.05) is 20.6 Å². The Morgan fingerprint density at radius 1 is 1.24 bits per heavy atom. The third kappa shape index (κ3) is 6.63. The van der Waals surface area contributed by atoms with Gasteiger partial charge in [-0.2, -0.15) is 0 Å². The van der Waals surface area contributed by atoms with Crippen molar-refractivity contribution in [1.29, 1.82) is 0 Å². The molecule has 0 radical (unpaired) electrons. The maximum Gasteiger partial charge on any atom is 0.191 e. The van der Waals surface area contributed by atoms with Crippen LogP contribution >= 0.6 is 0 Å². The van der Waals surface area contributed by atoms with Crippen molar-refractivity contribution in [2.24, 2.45) is 4.99 Å². The Labute approximate surface area is 129 Å². The molecule has 21 heavy (non-hydrogen) atoms. The highest BCUT2D eigenvalue weighted by molar-refractivity contribution is 5.79. The Morgan fingerprint density at radius 2 is 1.90 bits per heavy atom. The number of likely N-dealkylation sites (N-methyl/N-ethyl adjacent to an activating group) is 1. The van der Waals surface area contributed by atoms with Gasteiger partial charge in [0, 0.05) is 32.2 Å². The predicted octanol–water partition coefficient (Wildman–Crippen LogP) is 2.47. The van der Waals surface area contributed by atoms with Gasteiger partial charge in [-0.05, 0) is 32.9 Å². The van der Waals surface area contributed by atoms with Gasteiger partial charge in [-0.25, -0.2) is 0 Å². The van der Waals surface area contributed by atoms with E-state index in [0.717, 1.165) is 25.5 Å². The molecular weight excluding hydrogens is 260 g/mol. The fraction of sp³-hybridized carbons (Fsp3) is 0.588. The summed E-state index contributed by atoms with van der Waals surface area (Å²) in [7, 11) is 3.97. The molecule has 0 saturated heterocycles. The Bertz CT molecular complexity index is 416. The minimum atomic E-state index is 0.431. The molecular formula is C17H30N4. The first-order chi connectivity index (χ1) is 10.1. The van der Waals surface area contributed by atoms with Crippen molar-refractivity contribution >= 4 is 5.96 Å². The lowest BCUT2D eigenvalue weighted by molar-refractivity contribution is 0.249. The lowest BCUT2D eigenvalue weighted by atomic mass is 10.2. The Kier molecular flexibility index (Phi) is 7.83. The number of hydrogen-bond acceptors (Lipinski definition) is 2. The smallest absolute Gasteiger partial charge is 0.191 e. The summed E-state index contributed by atoms with van der Waals surface area (Å²) in [6.45, 7) is 8.39. The summed E-state index contributed by atoms with van der Waals surface area (Å²) in [5, 5.41) is 6.78. The first kappa shape index (κ1) is 17.5. The standard InChI is InChI=1S/C17H30N4/c1-6-14(2)20-17(18-4)19-12-15(3)21(5)13-16-10-8-7-9-11-16/h7-11,14-15H,6,12-13H2,1-5H3,(H2,18,19,20). The fourth-order valence-electron chi connectivity index (χ4n) is 1.96. The minimum Gasteiger partial charge on any atom is -0.355 e. The normalized spacial score (nSPS) is 14.9. The molecule has 2 atom stereocenters. The van der Waals surface area contributed by atoms with E-state index in [9.17, 15) is 0 Å². The van der Waals surface area contributed by atoms with Gasteiger partial charge in [0.15, 0.2) is 5.96 Å². The second-order valence-electron chi connectivity index (χ2n) is 5.66. The largest absolute Gasteiger partial charge is 0.355 e. The molecule has 2 unspecified atom stereocenters. The van der Waals surface area contributed by atoms with E-state index in [1.54, 1.807) is 0 Å². The molecule has 0 fully saturated rings. The molecule has 0 heterocycles. The van der Waals surface area contributed by atoms with E-state index in [1.165, 1.54) is 5.56 Å². The van der Waals surface area contributed by atoms with Crippen LogP contribution in [0.4, 0.5) is 0 Å². The van der Waals surface area contributed by atoms with Crippen molar-refractivity contribution < 1.29 is 0 Å². The van der Waals surface area contributed by atoms with E-state index >= 15 is 0 Å². The highest BCUT2D eigenvalue weighted by Gasteiger charge is 2.11. The van der Waals surface area contributed by atoms with Crippen molar-refractivity contribution in [3.05, 3.63) is 35.9 Å². The quantitative estimate of drug-likeness (QED) is 0.598. The van der Waals surface area contributed by atoms with Crippen molar-refractivity contribution in [3.8, 4) is 0 Å². The molecule has 2 N–H and O–H groups in total. The summed E-state index contributed by atoms with van der Waals surface area (Å²) < 4.78 is 0. The lowest BCUT2D eigenvalue weighted by Crippen LogP contribution is -2.47. The van der Waals surface area contributed by atoms with E-state index in [2.05, 4.69) is 78.7 Å². The number of nitrogens with zero attached hydrogens (tertiary/aromatic N) is 2. The number of nitrogens with one attached hydrogen (secondary N) is 2. The average Bonchev–Trinajstić information content (AvgIpc) is 2.51. The third-order valence-corrected chi connectivity index (χ3v) is 3.81. The lowest BCUT2D eigenvalue weighted by Gasteiger charge is -2.26. The van der Waals surface area contributed by atoms with Gasteiger partial charge in [-0.15, -0.1) is 0 Å². The molecule has 0 saturated carbocycles. The molecule has 1 rings (SSSR count). The average molecular weight is 290 g/mol. The van der Waals surface area contributed by atoms with Crippen LogP contribution in [0.25, 0.3) is 0 Å². The molecule has 1 aromatic rings. The first-order valence-electron chi connectivity index (χ1n) is 7.78. The highest BCUT2D eigenvalue weighted by atomic mass is 15.2. The second kappa shape index (κ2) is 9.40. The van der Waals surface area contributed by atoms with Crippen LogP contribution in [0.5, 0.6) is 0 Å². The molecule has 0 aliphatic rings. The van der Waals surface area contributed by atoms with Crippen molar-refractivity contribution in [3.63, 3.8) is 0 Å². The van der Waals surface area contributed by atoms with Gasteiger partial charge in [0.25, 0.3) is 0 Å². The van der Waals surface area contributed by atoms with Crippen LogP contribution in [0, 0.1) is 0 Å². The van der Waals surface area contributed by atoms with Gasteiger partial charge in [-0.3, -0.25) is 9.89 Å². The number of rotatable bonds is 7. The molecule has 4 nitrogen and oxygen atoms in total. The van der Waals surface area contributed by atoms with Crippen LogP contribution in [-0.2, 0) is 6.54 Å². The molecule has 118 valence electrons. The van der Waals surface area contributed by atoms with E-state index in [0.29, 0.717) is 12.1 Å². The summed E-state index contributed by atoms with van der Waals surface area (Å²) in [4.78, 5) is 6.61. The predicted molar refractivity (Wildman–Crippen MR) is 91.6 cm³/mol. The van der Waals surface area contributed by atoms with Crippen LogP contribution < -0.4 is 10.6 Å². The Hall–Kier alpha value is -1.55. The van der Waals surface area contributed by atoms with Crippen LogP contribution in [0.1, 0.15) is 32.8 Å². The van der Waals surface area contributed by atoms with Crippen molar-refractivity contribution in [1.82, 2.24) is 15.5 Å². The van der Waals surface area contributed by atoms with Crippen LogP contribution in [0.15, 0.2) is 35.3 Å². The van der Waals surface area contributed by atoms with Gasteiger partial charge in [0.1, 0.15) is 0 Å². The van der Waals surface area contributed by atoms with Gasteiger partial charge < -0.3 is 10.6 Å². The molecule has 1 aromatic carbocycles. The van der Waals surface area contributed by atoms with E-state index in [1.807, 2.05) is 7.05 Å². The second-order valence-corrected chi connectivity index (χ2v) is 5.66. The number of hydrogen-bond donors (Lipinski definition) is 2. The SMILES string of the molecule is CCC(C)NC(=NC)NCC(C)N(C)Cc1ccccc1. The van der Waals surface area contributed by atoms with E-state index < -0.39 is 0 Å².